The largest absolute Gasteiger partial charge is 0.393 e. The topological polar surface area (TPSA) is 165 Å². The van der Waals surface area contributed by atoms with Crippen molar-refractivity contribution in [1.82, 2.24) is 9.97 Å². The Morgan fingerprint density at radius 3 is 2.81 bits per heavy atom. The van der Waals surface area contributed by atoms with Crippen molar-refractivity contribution in [2.45, 2.75) is 40.9 Å². The molecule has 5 atom stereocenters. The van der Waals surface area contributed by atoms with Crippen LogP contribution >= 0.6 is 34.5 Å². The second kappa shape index (κ2) is 11.4. The van der Waals surface area contributed by atoms with E-state index in [1.165, 1.54) is 12.5 Å². The number of hydrogen-bond donors (Lipinski definition) is 4. The van der Waals surface area contributed by atoms with Gasteiger partial charge in [-0.3, -0.25) is 4.18 Å². The Morgan fingerprint density at radius 2 is 2.08 bits per heavy atom. The van der Waals surface area contributed by atoms with Crippen LogP contribution in [0.15, 0.2) is 52.6 Å². The minimum atomic E-state index is -4.11. The van der Waals surface area contributed by atoms with Gasteiger partial charge in [-0.15, -0.1) is 11.3 Å². The predicted molar refractivity (Wildman–Crippen MR) is 137 cm³/mol. The first-order chi connectivity index (χ1) is 17.0. The first-order valence-corrected chi connectivity index (χ1v) is 14.8. The lowest BCUT2D eigenvalue weighted by atomic mass is 10.1. The van der Waals surface area contributed by atoms with Gasteiger partial charge in [-0.05, 0) is 37.1 Å². The van der Waals surface area contributed by atoms with Crippen molar-refractivity contribution in [3.05, 3.63) is 62.7 Å². The van der Waals surface area contributed by atoms with E-state index in [0.29, 0.717) is 43.9 Å². The van der Waals surface area contributed by atoms with Gasteiger partial charge >= 0.3 is 10.3 Å². The van der Waals surface area contributed by atoms with Gasteiger partial charge in [0.15, 0.2) is 0 Å². The maximum absolute atomic E-state index is 13.0. The van der Waals surface area contributed by atoms with E-state index in [4.69, 9.17) is 28.3 Å². The summed E-state index contributed by atoms with van der Waals surface area (Å²) < 4.78 is 40.1. The van der Waals surface area contributed by atoms with Gasteiger partial charge < -0.3 is 15.5 Å². The van der Waals surface area contributed by atoms with Crippen LogP contribution in [0, 0.1) is 5.92 Å². The average molecular weight is 594 g/mol. The molecule has 10 nitrogen and oxygen atoms in total. The fourth-order valence-electron chi connectivity index (χ4n) is 3.93. The van der Waals surface area contributed by atoms with E-state index in [9.17, 15) is 22.8 Å². The molecule has 0 spiro atoms. The molecule has 0 bridgehead atoms. The zero-order valence-corrected chi connectivity index (χ0v) is 22.4. The SMILES string of the molecule is NS(=O)(=O)OC[C@H]1C[C@@H](Nc2ncncc2C(O)c2cc(S(=O)c3cccc(Cl)c3)c(Cl)s2)C[C@@H]1O. The maximum atomic E-state index is 13.0. The molecule has 1 fully saturated rings. The molecule has 4 rings (SSSR count). The average Bonchev–Trinajstić information content (AvgIpc) is 3.38. The lowest BCUT2D eigenvalue weighted by molar-refractivity contribution is 0.101. The highest BCUT2D eigenvalue weighted by Crippen LogP contribution is 2.39. The number of rotatable bonds is 9. The van der Waals surface area contributed by atoms with Crippen molar-refractivity contribution in [1.29, 1.82) is 0 Å². The van der Waals surface area contributed by atoms with E-state index in [1.54, 1.807) is 30.3 Å². The third-order valence-electron chi connectivity index (χ3n) is 5.63. The third-order valence-corrected chi connectivity index (χ3v) is 9.39. The molecule has 5 N–H and O–H groups in total. The van der Waals surface area contributed by atoms with Crippen molar-refractivity contribution in [3.8, 4) is 0 Å². The summed E-state index contributed by atoms with van der Waals surface area (Å²) in [5.74, 6) is -0.110. The molecule has 3 aromatic rings. The zero-order valence-electron chi connectivity index (χ0n) is 18.5. The number of aliphatic hydroxyl groups is 2. The van der Waals surface area contributed by atoms with Crippen molar-refractivity contribution in [3.63, 3.8) is 0 Å². The molecule has 0 radical (unpaired) electrons. The fraction of sp³-hybridized carbons (Fsp3) is 0.333. The molecule has 1 saturated carbocycles. The van der Waals surface area contributed by atoms with E-state index >= 15 is 0 Å². The van der Waals surface area contributed by atoms with E-state index in [0.717, 1.165) is 11.3 Å². The summed E-state index contributed by atoms with van der Waals surface area (Å²) in [6.45, 7) is -0.238. The van der Waals surface area contributed by atoms with Crippen molar-refractivity contribution in [2.75, 3.05) is 11.9 Å². The Labute approximate surface area is 224 Å². The Hall–Kier alpha value is -1.68. The monoisotopic (exact) mass is 592 g/mol. The third kappa shape index (κ3) is 6.60. The Kier molecular flexibility index (Phi) is 8.64. The van der Waals surface area contributed by atoms with Gasteiger partial charge in [0.2, 0.25) is 0 Å². The zero-order chi connectivity index (χ0) is 26.0. The molecule has 1 aromatic carbocycles. The van der Waals surface area contributed by atoms with Crippen molar-refractivity contribution in [2.24, 2.45) is 11.1 Å². The van der Waals surface area contributed by atoms with E-state index in [2.05, 4.69) is 19.5 Å². The van der Waals surface area contributed by atoms with Gasteiger partial charge in [0.25, 0.3) is 0 Å². The first-order valence-electron chi connectivity index (χ1n) is 10.6. The van der Waals surface area contributed by atoms with E-state index < -0.39 is 39.2 Å². The number of aliphatic hydroxyl groups excluding tert-OH is 2. The number of nitrogens with one attached hydrogen (secondary N) is 1. The highest BCUT2D eigenvalue weighted by molar-refractivity contribution is 7.85. The van der Waals surface area contributed by atoms with Gasteiger partial charge in [-0.1, -0.05) is 29.3 Å². The lowest BCUT2D eigenvalue weighted by Gasteiger charge is -2.18. The Balaban J connectivity index is 1.51. The number of nitrogens with two attached hydrogens (primary N) is 1. The normalized spacial score (nSPS) is 21.9. The fourth-order valence-corrected chi connectivity index (χ4v) is 7.36. The molecule has 2 unspecified atom stereocenters. The number of benzene rings is 1. The number of nitrogens with zero attached hydrogens (tertiary/aromatic N) is 2. The standard InChI is InChI=1S/C21H22Cl2N4O6S3/c22-12-2-1-3-14(5-12)35(30)18-7-17(34-20(18)23)19(29)15-8-25-10-26-21(15)27-13-4-11(16(28)6-13)9-33-36(24,31)32/h1-3,5,7-8,10-11,13,16,19,28-29H,4,6,9H2,(H2,24,31,32)(H,25,26,27)/t11-,13-,16+,19?,35?/m1/s1. The van der Waals surface area contributed by atoms with E-state index in [-0.39, 0.29) is 17.0 Å². The second-order valence-electron chi connectivity index (χ2n) is 8.16. The summed E-state index contributed by atoms with van der Waals surface area (Å²) in [6, 6.07) is 7.94. The quantitative estimate of drug-likeness (QED) is 0.292. The molecule has 2 heterocycles. The van der Waals surface area contributed by atoms with E-state index in [1.807, 2.05) is 0 Å². The number of halogens is 2. The van der Waals surface area contributed by atoms with Gasteiger partial charge in [0.05, 0.1) is 28.4 Å². The molecular formula is C21H22Cl2N4O6S3. The van der Waals surface area contributed by atoms with Crippen molar-refractivity contribution < 1.29 is 27.0 Å². The molecule has 36 heavy (non-hydrogen) atoms. The van der Waals surface area contributed by atoms with Crippen LogP contribution in [-0.4, -0.2) is 51.6 Å². The molecule has 1 aliphatic rings. The first kappa shape index (κ1) is 27.4. The minimum absolute atomic E-state index is 0.238. The number of aromatic nitrogens is 2. The predicted octanol–water partition coefficient (Wildman–Crippen LogP) is 2.86. The van der Waals surface area contributed by atoms with Crippen LogP contribution in [0.4, 0.5) is 5.82 Å². The van der Waals surface area contributed by atoms with Crippen LogP contribution in [-0.2, 0) is 25.3 Å². The molecule has 2 aromatic heterocycles. The summed E-state index contributed by atoms with van der Waals surface area (Å²) in [4.78, 5) is 9.51. The molecule has 15 heteroatoms. The number of thiophene rings is 1. The van der Waals surface area contributed by atoms with Crippen LogP contribution in [0.1, 0.15) is 29.4 Å². The molecular weight excluding hydrogens is 571 g/mol. The highest BCUT2D eigenvalue weighted by atomic mass is 35.5. The summed E-state index contributed by atoms with van der Waals surface area (Å²) >= 11 is 13.5. The maximum Gasteiger partial charge on any atom is 0.333 e. The van der Waals surface area contributed by atoms with Crippen LogP contribution in [0.3, 0.4) is 0 Å². The van der Waals surface area contributed by atoms with Crippen LogP contribution in [0.5, 0.6) is 0 Å². The minimum Gasteiger partial charge on any atom is -0.393 e. The Morgan fingerprint density at radius 1 is 1.31 bits per heavy atom. The molecule has 194 valence electrons. The van der Waals surface area contributed by atoms with Gasteiger partial charge in [0.1, 0.15) is 22.6 Å². The molecule has 0 amide bonds. The van der Waals surface area contributed by atoms with Gasteiger partial charge in [-0.2, -0.15) is 8.42 Å². The number of anilines is 1. The van der Waals surface area contributed by atoms with Gasteiger partial charge in [-0.25, -0.2) is 19.3 Å². The summed E-state index contributed by atoms with van der Waals surface area (Å²) in [6.07, 6.45) is 1.49. The Bertz CT molecular complexity index is 1370. The molecule has 1 aliphatic carbocycles. The van der Waals surface area contributed by atoms with Gasteiger partial charge in [0, 0.05) is 38.5 Å². The molecule has 0 saturated heterocycles. The van der Waals surface area contributed by atoms with Crippen LogP contribution in [0.25, 0.3) is 0 Å². The molecule has 0 aliphatic heterocycles. The van der Waals surface area contributed by atoms with Crippen molar-refractivity contribution >= 4 is 61.5 Å². The second-order valence-corrected chi connectivity index (χ2v) is 13.0. The smallest absolute Gasteiger partial charge is 0.333 e. The summed E-state index contributed by atoms with van der Waals surface area (Å²) in [5.41, 5.74) is 0.356. The van der Waals surface area contributed by atoms with Crippen LogP contribution < -0.4 is 10.5 Å². The number of hydrogen-bond acceptors (Lipinski definition) is 10. The van der Waals surface area contributed by atoms with Crippen LogP contribution in [0.2, 0.25) is 9.36 Å². The summed E-state index contributed by atoms with van der Waals surface area (Å²) in [7, 11) is -5.71. The summed E-state index contributed by atoms with van der Waals surface area (Å²) in [5, 5.41) is 29.9. The highest BCUT2D eigenvalue weighted by Gasteiger charge is 2.35. The lowest BCUT2D eigenvalue weighted by Crippen LogP contribution is -2.24.